The molecule has 0 unspecified atom stereocenters. The normalized spacial score (nSPS) is 18.6. The van der Waals surface area contributed by atoms with E-state index in [0.29, 0.717) is 31.2 Å². The molecule has 38 heavy (non-hydrogen) atoms. The highest BCUT2D eigenvalue weighted by Crippen LogP contribution is 2.32. The second kappa shape index (κ2) is 12.0. The number of anilines is 1. The van der Waals surface area contributed by atoms with Crippen molar-refractivity contribution >= 4 is 11.6 Å². The van der Waals surface area contributed by atoms with Gasteiger partial charge < -0.3 is 20.1 Å². The zero-order valence-corrected chi connectivity index (χ0v) is 21.2. The van der Waals surface area contributed by atoms with Crippen LogP contribution >= 0.6 is 0 Å². The predicted octanol–water partition coefficient (Wildman–Crippen LogP) is 4.21. The molecular formula is C28H33F3N4O3. The van der Waals surface area contributed by atoms with Crippen LogP contribution in [0.4, 0.5) is 18.9 Å². The molecule has 2 aliphatic rings. The molecular weight excluding hydrogens is 497 g/mol. The Bertz CT molecular complexity index is 1120. The van der Waals surface area contributed by atoms with E-state index in [1.54, 1.807) is 6.07 Å². The van der Waals surface area contributed by atoms with Gasteiger partial charge in [-0.1, -0.05) is 30.3 Å². The molecule has 0 aromatic heterocycles. The minimum Gasteiger partial charge on any atom is -0.404 e. The average Bonchev–Trinajstić information content (AvgIpc) is 2.90. The summed E-state index contributed by atoms with van der Waals surface area (Å²) in [5.41, 5.74) is 0.129. The minimum atomic E-state index is -4.89. The Hall–Kier alpha value is -3.29. The zero-order valence-electron chi connectivity index (χ0n) is 21.2. The number of aliphatic hydroxyl groups is 1. The molecule has 0 atom stereocenters. The monoisotopic (exact) mass is 530 g/mol. The van der Waals surface area contributed by atoms with Gasteiger partial charge in [0, 0.05) is 44.7 Å². The molecule has 2 saturated heterocycles. The van der Waals surface area contributed by atoms with Crippen LogP contribution in [0.2, 0.25) is 0 Å². The topological polar surface area (TPSA) is 88.8 Å². The number of nitrogens with one attached hydrogen (secondary N) is 1. The lowest BCUT2D eigenvalue weighted by atomic mass is 9.89. The second-order valence-electron chi connectivity index (χ2n) is 10.1. The summed E-state index contributed by atoms with van der Waals surface area (Å²) < 4.78 is 41.5. The largest absolute Gasteiger partial charge is 0.573 e. The first-order valence-electron chi connectivity index (χ1n) is 13.0. The van der Waals surface area contributed by atoms with E-state index in [-0.39, 0.29) is 24.3 Å². The van der Waals surface area contributed by atoms with Crippen molar-refractivity contribution in [2.24, 2.45) is 5.92 Å². The fraction of sp³-hybridized carbons (Fsp3) is 0.500. The third-order valence-corrected chi connectivity index (χ3v) is 7.48. The summed E-state index contributed by atoms with van der Waals surface area (Å²) in [7, 11) is 0. The van der Waals surface area contributed by atoms with Gasteiger partial charge in [-0.15, -0.1) is 13.2 Å². The molecule has 2 aliphatic heterocycles. The van der Waals surface area contributed by atoms with E-state index in [1.807, 2.05) is 11.0 Å². The van der Waals surface area contributed by atoms with Gasteiger partial charge in [-0.3, -0.25) is 9.69 Å². The van der Waals surface area contributed by atoms with E-state index < -0.39 is 17.7 Å². The number of hydrogen-bond donors (Lipinski definition) is 2. The number of nitrogens with zero attached hydrogens (tertiary/aromatic N) is 3. The Morgan fingerprint density at radius 2 is 1.79 bits per heavy atom. The molecule has 0 bridgehead atoms. The highest BCUT2D eigenvalue weighted by Gasteiger charge is 2.39. The summed E-state index contributed by atoms with van der Waals surface area (Å²) in [6, 6.07) is 16.0. The lowest BCUT2D eigenvalue weighted by Gasteiger charge is -2.38. The number of carbonyl (C=O) groups is 1. The molecule has 0 saturated carbocycles. The van der Waals surface area contributed by atoms with Crippen molar-refractivity contribution in [1.29, 1.82) is 5.26 Å². The number of nitriles is 1. The van der Waals surface area contributed by atoms with Crippen LogP contribution in [-0.4, -0.2) is 60.6 Å². The molecule has 2 heterocycles. The SMILES string of the molecule is N#Cc1cc(N2CCC(O)(C(=O)NCCC3CCN(Cc4ccccc4)CC3)CC2)ccc1OC(F)(F)F. The Morgan fingerprint density at radius 1 is 1.11 bits per heavy atom. The second-order valence-corrected chi connectivity index (χ2v) is 10.1. The molecule has 204 valence electrons. The average molecular weight is 531 g/mol. The van der Waals surface area contributed by atoms with E-state index in [0.717, 1.165) is 45.0 Å². The number of alkyl halides is 3. The Kier molecular flexibility index (Phi) is 8.80. The van der Waals surface area contributed by atoms with E-state index in [9.17, 15) is 28.3 Å². The van der Waals surface area contributed by atoms with Gasteiger partial charge in [-0.05, 0) is 62.0 Å². The van der Waals surface area contributed by atoms with Gasteiger partial charge in [-0.2, -0.15) is 5.26 Å². The number of amides is 1. The maximum absolute atomic E-state index is 12.8. The third-order valence-electron chi connectivity index (χ3n) is 7.48. The first kappa shape index (κ1) is 27.7. The van der Waals surface area contributed by atoms with Crippen molar-refractivity contribution in [1.82, 2.24) is 10.2 Å². The van der Waals surface area contributed by atoms with Crippen LogP contribution in [0.3, 0.4) is 0 Å². The van der Waals surface area contributed by atoms with Crippen molar-refractivity contribution in [2.75, 3.05) is 37.6 Å². The summed E-state index contributed by atoms with van der Waals surface area (Å²) in [4.78, 5) is 17.1. The quantitative estimate of drug-likeness (QED) is 0.532. The van der Waals surface area contributed by atoms with E-state index in [4.69, 9.17) is 0 Å². The Morgan fingerprint density at radius 3 is 2.42 bits per heavy atom. The van der Waals surface area contributed by atoms with Crippen LogP contribution in [0.1, 0.15) is 43.2 Å². The molecule has 1 amide bonds. The first-order chi connectivity index (χ1) is 18.1. The van der Waals surface area contributed by atoms with Crippen LogP contribution in [0, 0.1) is 17.2 Å². The summed E-state index contributed by atoms with van der Waals surface area (Å²) in [5.74, 6) is -0.402. The first-order valence-corrected chi connectivity index (χ1v) is 13.0. The van der Waals surface area contributed by atoms with Crippen LogP contribution in [0.15, 0.2) is 48.5 Å². The van der Waals surface area contributed by atoms with Crippen molar-refractivity contribution in [3.8, 4) is 11.8 Å². The van der Waals surface area contributed by atoms with E-state index in [1.165, 1.54) is 17.7 Å². The van der Waals surface area contributed by atoms with Gasteiger partial charge in [0.15, 0.2) is 0 Å². The molecule has 2 N–H and O–H groups in total. The molecule has 4 rings (SSSR count). The molecule has 0 aliphatic carbocycles. The molecule has 0 radical (unpaired) electrons. The number of likely N-dealkylation sites (tertiary alicyclic amines) is 1. The van der Waals surface area contributed by atoms with Crippen molar-refractivity contribution in [2.45, 2.75) is 50.6 Å². The number of halogens is 3. The zero-order chi connectivity index (χ0) is 27.2. The Balaban J connectivity index is 1.20. The maximum Gasteiger partial charge on any atom is 0.573 e. The molecule has 2 aromatic carbocycles. The fourth-order valence-corrected chi connectivity index (χ4v) is 5.21. The summed E-state index contributed by atoms with van der Waals surface area (Å²) in [5, 5.41) is 23.1. The fourth-order valence-electron chi connectivity index (χ4n) is 5.21. The lowest BCUT2D eigenvalue weighted by Crippen LogP contribution is -2.54. The highest BCUT2D eigenvalue weighted by atomic mass is 19.4. The molecule has 2 fully saturated rings. The van der Waals surface area contributed by atoms with Gasteiger partial charge in [0.25, 0.3) is 5.91 Å². The summed E-state index contributed by atoms with van der Waals surface area (Å²) in [6.07, 6.45) is -1.49. The third kappa shape index (κ3) is 7.39. The number of hydrogen-bond acceptors (Lipinski definition) is 6. The van der Waals surface area contributed by atoms with E-state index in [2.05, 4.69) is 39.2 Å². The van der Waals surface area contributed by atoms with Crippen LogP contribution in [0.5, 0.6) is 5.75 Å². The van der Waals surface area contributed by atoms with Crippen LogP contribution in [0.25, 0.3) is 0 Å². The lowest BCUT2D eigenvalue weighted by molar-refractivity contribution is -0.274. The van der Waals surface area contributed by atoms with Gasteiger partial charge in [0.05, 0.1) is 5.56 Å². The summed E-state index contributed by atoms with van der Waals surface area (Å²) in [6.45, 7) is 4.19. The molecule has 7 nitrogen and oxygen atoms in total. The smallest absolute Gasteiger partial charge is 0.404 e. The van der Waals surface area contributed by atoms with Crippen molar-refractivity contribution in [3.05, 3.63) is 59.7 Å². The van der Waals surface area contributed by atoms with Crippen LogP contribution < -0.4 is 15.0 Å². The number of piperidine rings is 2. The number of ether oxygens (including phenoxy) is 1. The van der Waals surface area contributed by atoms with Crippen molar-refractivity contribution in [3.63, 3.8) is 0 Å². The van der Waals surface area contributed by atoms with Gasteiger partial charge in [-0.25, -0.2) is 0 Å². The number of rotatable bonds is 8. The molecule has 2 aromatic rings. The number of carbonyl (C=O) groups excluding carboxylic acids is 1. The Labute approximate surface area is 220 Å². The number of benzene rings is 2. The van der Waals surface area contributed by atoms with E-state index >= 15 is 0 Å². The minimum absolute atomic E-state index is 0.180. The molecule has 10 heteroatoms. The van der Waals surface area contributed by atoms with Gasteiger partial charge in [0.1, 0.15) is 17.4 Å². The van der Waals surface area contributed by atoms with Crippen molar-refractivity contribution < 1.29 is 27.8 Å². The van der Waals surface area contributed by atoms with Crippen LogP contribution in [-0.2, 0) is 11.3 Å². The highest BCUT2D eigenvalue weighted by molar-refractivity contribution is 5.85. The molecule has 0 spiro atoms. The van der Waals surface area contributed by atoms with Gasteiger partial charge >= 0.3 is 6.36 Å². The predicted molar refractivity (Wildman–Crippen MR) is 136 cm³/mol. The van der Waals surface area contributed by atoms with Gasteiger partial charge in [0.2, 0.25) is 0 Å². The summed E-state index contributed by atoms with van der Waals surface area (Å²) >= 11 is 0. The maximum atomic E-state index is 12.8. The standard InChI is InChI=1S/C28H33F3N4O3/c29-28(30,31)38-25-7-6-24(18-23(25)19-32)35-16-11-27(37,12-17-35)26(36)33-13-8-21-9-14-34(15-10-21)20-22-4-2-1-3-5-22/h1-7,18,21,37H,8-17,20H2,(H,33,36).